The first kappa shape index (κ1) is 14.1. The predicted octanol–water partition coefficient (Wildman–Crippen LogP) is 0.0776. The fourth-order valence-electron chi connectivity index (χ4n) is 1.41. The highest BCUT2D eigenvalue weighted by molar-refractivity contribution is 5.95. The molecule has 0 aromatic carbocycles. The Morgan fingerprint density at radius 2 is 2.22 bits per heavy atom. The Balaban J connectivity index is 2.81. The first-order valence-electron chi connectivity index (χ1n) is 5.57. The van der Waals surface area contributed by atoms with Gasteiger partial charge in [0.15, 0.2) is 6.04 Å². The minimum absolute atomic E-state index is 0.195. The van der Waals surface area contributed by atoms with Crippen LogP contribution in [-0.2, 0) is 9.53 Å². The van der Waals surface area contributed by atoms with Crippen molar-refractivity contribution >= 4 is 11.9 Å². The number of rotatable bonds is 5. The molecule has 1 N–H and O–H groups in total. The van der Waals surface area contributed by atoms with Crippen LogP contribution in [0.4, 0.5) is 0 Å². The molecule has 6 heteroatoms. The lowest BCUT2D eigenvalue weighted by atomic mass is 10.2. The maximum absolute atomic E-state index is 12.0. The van der Waals surface area contributed by atoms with Crippen molar-refractivity contribution in [1.82, 2.24) is 9.88 Å². The summed E-state index contributed by atoms with van der Waals surface area (Å²) < 4.78 is 4.79. The molecule has 1 unspecified atom stereocenters. The van der Waals surface area contributed by atoms with E-state index in [9.17, 15) is 14.7 Å². The third-order valence-corrected chi connectivity index (χ3v) is 2.40. The molecule has 0 spiro atoms. The smallest absolute Gasteiger partial charge is 0.331 e. The molecule has 0 aliphatic heterocycles. The van der Waals surface area contributed by atoms with Gasteiger partial charge in [-0.05, 0) is 19.1 Å². The summed E-state index contributed by atoms with van der Waals surface area (Å²) in [4.78, 5) is 28.6. The van der Waals surface area contributed by atoms with Crippen molar-refractivity contribution in [1.29, 1.82) is 0 Å². The second-order valence-corrected chi connectivity index (χ2v) is 3.58. The largest absolute Gasteiger partial charge is 0.464 e. The number of pyridine rings is 1. The van der Waals surface area contributed by atoms with Crippen LogP contribution in [0, 0.1) is 0 Å². The van der Waals surface area contributed by atoms with Gasteiger partial charge in [0.1, 0.15) is 5.69 Å². The van der Waals surface area contributed by atoms with E-state index in [0.29, 0.717) is 0 Å². The number of hydrogen-bond acceptors (Lipinski definition) is 5. The van der Waals surface area contributed by atoms with Gasteiger partial charge in [-0.25, -0.2) is 4.79 Å². The molecule has 18 heavy (non-hydrogen) atoms. The number of carbonyl (C=O) groups excluding carboxylic acids is 2. The number of nitrogens with zero attached hydrogens (tertiary/aromatic N) is 2. The molecule has 6 nitrogen and oxygen atoms in total. The number of likely N-dealkylation sites (N-methyl/N-ethyl adjacent to an activating group) is 1. The zero-order chi connectivity index (χ0) is 13.5. The van der Waals surface area contributed by atoms with Gasteiger partial charge in [-0.3, -0.25) is 9.78 Å². The molecular weight excluding hydrogens is 236 g/mol. The minimum atomic E-state index is -1.01. The summed E-state index contributed by atoms with van der Waals surface area (Å²) in [5.74, 6) is -1.07. The summed E-state index contributed by atoms with van der Waals surface area (Å²) in [5.41, 5.74) is 0.211. The lowest BCUT2D eigenvalue weighted by Crippen LogP contribution is -2.45. The summed E-state index contributed by atoms with van der Waals surface area (Å²) in [7, 11) is 1.43. The van der Waals surface area contributed by atoms with Gasteiger partial charge in [-0.1, -0.05) is 6.07 Å². The normalized spacial score (nSPS) is 11.7. The second-order valence-electron chi connectivity index (χ2n) is 3.58. The molecule has 0 bridgehead atoms. The van der Waals surface area contributed by atoms with Crippen LogP contribution in [0.15, 0.2) is 24.4 Å². The summed E-state index contributed by atoms with van der Waals surface area (Å²) in [6, 6.07) is 3.88. The molecule has 0 aliphatic carbocycles. The van der Waals surface area contributed by atoms with Gasteiger partial charge in [0, 0.05) is 13.2 Å². The molecule has 1 atom stereocenters. The van der Waals surface area contributed by atoms with E-state index in [1.807, 2.05) is 0 Å². The molecule has 0 saturated heterocycles. The lowest BCUT2D eigenvalue weighted by molar-refractivity contribution is -0.149. The highest BCUT2D eigenvalue weighted by Gasteiger charge is 2.28. The molecule has 1 rings (SSSR count). The maximum atomic E-state index is 12.0. The molecular formula is C12H16N2O4. The van der Waals surface area contributed by atoms with Gasteiger partial charge >= 0.3 is 5.97 Å². The van der Waals surface area contributed by atoms with Crippen molar-refractivity contribution in [2.24, 2.45) is 0 Å². The van der Waals surface area contributed by atoms with E-state index < -0.39 is 24.5 Å². The van der Waals surface area contributed by atoms with Crippen molar-refractivity contribution in [2.75, 3.05) is 20.3 Å². The van der Waals surface area contributed by atoms with E-state index in [2.05, 4.69) is 4.98 Å². The summed E-state index contributed by atoms with van der Waals surface area (Å²) in [6.07, 6.45) is 1.49. The number of ether oxygens (including phenoxy) is 1. The van der Waals surface area contributed by atoms with Crippen LogP contribution in [0.25, 0.3) is 0 Å². The topological polar surface area (TPSA) is 79.7 Å². The molecule has 1 aromatic rings. The van der Waals surface area contributed by atoms with Gasteiger partial charge in [-0.15, -0.1) is 0 Å². The molecule has 1 heterocycles. The average molecular weight is 252 g/mol. The Kier molecular flexibility index (Phi) is 5.26. The van der Waals surface area contributed by atoms with Gasteiger partial charge < -0.3 is 14.7 Å². The van der Waals surface area contributed by atoms with E-state index >= 15 is 0 Å². The van der Waals surface area contributed by atoms with Gasteiger partial charge in [0.25, 0.3) is 5.91 Å². The van der Waals surface area contributed by atoms with Crippen LogP contribution in [0.2, 0.25) is 0 Å². The number of aliphatic hydroxyl groups is 1. The highest BCUT2D eigenvalue weighted by Crippen LogP contribution is 2.05. The lowest BCUT2D eigenvalue weighted by Gasteiger charge is -2.24. The maximum Gasteiger partial charge on any atom is 0.331 e. The third-order valence-electron chi connectivity index (χ3n) is 2.40. The van der Waals surface area contributed by atoms with E-state index in [4.69, 9.17) is 4.74 Å². The number of hydrogen-bond donors (Lipinski definition) is 1. The quantitative estimate of drug-likeness (QED) is 0.750. The fraction of sp³-hybridized carbons (Fsp3) is 0.417. The van der Waals surface area contributed by atoms with Crippen molar-refractivity contribution < 1.29 is 19.4 Å². The van der Waals surface area contributed by atoms with Crippen LogP contribution >= 0.6 is 0 Å². The Hall–Kier alpha value is -1.95. The highest BCUT2D eigenvalue weighted by atomic mass is 16.5. The Bertz CT molecular complexity index is 408. The summed E-state index contributed by atoms with van der Waals surface area (Å²) >= 11 is 0. The second kappa shape index (κ2) is 6.70. The Morgan fingerprint density at radius 3 is 2.72 bits per heavy atom. The molecule has 1 amide bonds. The number of aliphatic hydroxyl groups excluding tert-OH is 1. The number of esters is 1. The van der Waals surface area contributed by atoms with Crippen molar-refractivity contribution in [3.8, 4) is 0 Å². The summed E-state index contributed by atoms with van der Waals surface area (Å²) in [5, 5.41) is 9.17. The zero-order valence-corrected chi connectivity index (χ0v) is 10.4. The van der Waals surface area contributed by atoms with E-state index in [0.717, 1.165) is 4.90 Å². The first-order chi connectivity index (χ1) is 8.61. The average Bonchev–Trinajstić information content (AvgIpc) is 2.40. The van der Waals surface area contributed by atoms with Crippen LogP contribution in [0.1, 0.15) is 17.4 Å². The van der Waals surface area contributed by atoms with Gasteiger partial charge in [-0.2, -0.15) is 0 Å². The van der Waals surface area contributed by atoms with Crippen LogP contribution in [0.3, 0.4) is 0 Å². The molecule has 0 saturated carbocycles. The third kappa shape index (κ3) is 3.27. The van der Waals surface area contributed by atoms with Crippen molar-refractivity contribution in [3.05, 3.63) is 30.1 Å². The SMILES string of the molecule is CCOC(=O)C(CO)N(C)C(=O)c1ccccn1. The number of carbonyl (C=O) groups is 2. The fourth-order valence-corrected chi connectivity index (χ4v) is 1.41. The standard InChI is InChI=1S/C12H16N2O4/c1-3-18-12(17)10(8-15)14(2)11(16)9-6-4-5-7-13-9/h4-7,10,15H,3,8H2,1-2H3. The Labute approximate surface area is 105 Å². The van der Waals surface area contributed by atoms with Crippen LogP contribution in [0.5, 0.6) is 0 Å². The van der Waals surface area contributed by atoms with Gasteiger partial charge in [0.05, 0.1) is 13.2 Å². The van der Waals surface area contributed by atoms with Crippen LogP contribution < -0.4 is 0 Å². The van der Waals surface area contributed by atoms with Gasteiger partial charge in [0.2, 0.25) is 0 Å². The minimum Gasteiger partial charge on any atom is -0.464 e. The number of aromatic nitrogens is 1. The van der Waals surface area contributed by atoms with Crippen LogP contribution in [-0.4, -0.2) is 53.2 Å². The molecule has 98 valence electrons. The van der Waals surface area contributed by atoms with Crippen molar-refractivity contribution in [2.45, 2.75) is 13.0 Å². The summed E-state index contributed by atoms with van der Waals surface area (Å²) in [6.45, 7) is 1.36. The van der Waals surface area contributed by atoms with E-state index in [1.54, 1.807) is 25.1 Å². The Morgan fingerprint density at radius 1 is 1.50 bits per heavy atom. The monoisotopic (exact) mass is 252 g/mol. The zero-order valence-electron chi connectivity index (χ0n) is 10.4. The molecule has 0 fully saturated rings. The van der Waals surface area contributed by atoms with Crippen molar-refractivity contribution in [3.63, 3.8) is 0 Å². The van der Waals surface area contributed by atoms with E-state index in [-0.39, 0.29) is 12.3 Å². The first-order valence-corrected chi connectivity index (χ1v) is 5.57. The molecule has 0 radical (unpaired) electrons. The molecule has 0 aliphatic rings. The van der Waals surface area contributed by atoms with E-state index in [1.165, 1.54) is 13.2 Å². The predicted molar refractivity (Wildman–Crippen MR) is 63.8 cm³/mol. The number of amides is 1. The molecule has 1 aromatic heterocycles.